The van der Waals surface area contributed by atoms with Crippen LogP contribution in [0.1, 0.15) is 32.3 Å². The van der Waals surface area contributed by atoms with Crippen LogP contribution in [0.25, 0.3) is 6.20 Å². The van der Waals surface area contributed by atoms with Crippen molar-refractivity contribution in [1.29, 1.82) is 0 Å². The van der Waals surface area contributed by atoms with E-state index in [4.69, 9.17) is 5.84 Å². The Morgan fingerprint density at radius 1 is 1.57 bits per heavy atom. The fourth-order valence-electron chi connectivity index (χ4n) is 1.28. The Morgan fingerprint density at radius 3 is 2.79 bits per heavy atom. The lowest BCUT2D eigenvalue weighted by Gasteiger charge is -2.07. The van der Waals surface area contributed by atoms with Gasteiger partial charge in [-0.2, -0.15) is 10.2 Å². The molecule has 0 spiro atoms. The Labute approximate surface area is 83.8 Å². The predicted octanol–water partition coefficient (Wildman–Crippen LogP) is 1.27. The number of nitrogens with two attached hydrogens (primary N) is 1. The average Bonchev–Trinajstić information content (AvgIpc) is 2.18. The second-order valence-electron chi connectivity index (χ2n) is 3.32. The van der Waals surface area contributed by atoms with Crippen molar-refractivity contribution in [3.05, 3.63) is 29.4 Å². The summed E-state index contributed by atoms with van der Waals surface area (Å²) in [5.74, 6) is 5.74. The van der Waals surface area contributed by atoms with Gasteiger partial charge in [-0.3, -0.25) is 0 Å². The van der Waals surface area contributed by atoms with E-state index < -0.39 is 0 Å². The number of allylic oxidation sites excluding steroid dienone is 1. The first-order valence-electron chi connectivity index (χ1n) is 4.65. The maximum atomic E-state index is 5.35. The van der Waals surface area contributed by atoms with Crippen molar-refractivity contribution in [3.8, 4) is 0 Å². The van der Waals surface area contributed by atoms with E-state index in [0.717, 1.165) is 5.56 Å². The molecule has 1 aromatic heterocycles. The molecule has 0 unspecified atom stereocenters. The summed E-state index contributed by atoms with van der Waals surface area (Å²) >= 11 is 0. The van der Waals surface area contributed by atoms with Crippen LogP contribution in [-0.4, -0.2) is 9.78 Å². The van der Waals surface area contributed by atoms with Crippen LogP contribution in [0.2, 0.25) is 0 Å². The van der Waals surface area contributed by atoms with Gasteiger partial charge in [-0.15, -0.1) is 0 Å². The summed E-state index contributed by atoms with van der Waals surface area (Å²) in [6.45, 7) is 6.13. The maximum Gasteiger partial charge on any atom is 0.176 e. The SMILES string of the molecule is C/C=C\n1nccc(C(C)C)/c1=N/N. The van der Waals surface area contributed by atoms with Crippen molar-refractivity contribution in [2.75, 3.05) is 0 Å². The zero-order valence-corrected chi connectivity index (χ0v) is 8.81. The summed E-state index contributed by atoms with van der Waals surface area (Å²) in [5, 5.41) is 7.90. The van der Waals surface area contributed by atoms with E-state index in [9.17, 15) is 0 Å². The summed E-state index contributed by atoms with van der Waals surface area (Å²) in [4.78, 5) is 0. The van der Waals surface area contributed by atoms with E-state index in [1.165, 1.54) is 0 Å². The van der Waals surface area contributed by atoms with Gasteiger partial charge < -0.3 is 5.84 Å². The van der Waals surface area contributed by atoms with Gasteiger partial charge in [-0.05, 0) is 18.9 Å². The van der Waals surface area contributed by atoms with Gasteiger partial charge in [0.05, 0.1) is 0 Å². The molecule has 1 aromatic rings. The van der Waals surface area contributed by atoms with E-state index >= 15 is 0 Å². The van der Waals surface area contributed by atoms with Crippen molar-refractivity contribution in [3.63, 3.8) is 0 Å². The normalized spacial score (nSPS) is 13.0. The quantitative estimate of drug-likeness (QED) is 0.566. The predicted molar refractivity (Wildman–Crippen MR) is 57.1 cm³/mol. The zero-order chi connectivity index (χ0) is 10.6. The van der Waals surface area contributed by atoms with E-state index in [1.807, 2.05) is 25.3 Å². The highest BCUT2D eigenvalue weighted by Crippen LogP contribution is 2.07. The van der Waals surface area contributed by atoms with Crippen molar-refractivity contribution in [2.45, 2.75) is 26.7 Å². The Kier molecular flexibility index (Phi) is 3.45. The highest BCUT2D eigenvalue weighted by molar-refractivity contribution is 5.22. The Hall–Kier alpha value is -1.58. The van der Waals surface area contributed by atoms with Crippen molar-refractivity contribution >= 4 is 6.20 Å². The first-order chi connectivity index (χ1) is 6.70. The summed E-state index contributed by atoms with van der Waals surface area (Å²) < 4.78 is 1.68. The lowest BCUT2D eigenvalue weighted by molar-refractivity contribution is 0.744. The maximum absolute atomic E-state index is 5.35. The van der Waals surface area contributed by atoms with Crippen LogP contribution in [-0.2, 0) is 0 Å². The smallest absolute Gasteiger partial charge is 0.176 e. The minimum atomic E-state index is 0.386. The second-order valence-corrected chi connectivity index (χ2v) is 3.32. The van der Waals surface area contributed by atoms with Crippen LogP contribution >= 0.6 is 0 Å². The monoisotopic (exact) mass is 192 g/mol. The number of aromatic nitrogens is 2. The number of hydrogen-bond acceptors (Lipinski definition) is 3. The average molecular weight is 192 g/mol. The van der Waals surface area contributed by atoms with Crippen molar-refractivity contribution < 1.29 is 0 Å². The second kappa shape index (κ2) is 4.60. The van der Waals surface area contributed by atoms with Gasteiger partial charge in [0.2, 0.25) is 0 Å². The molecular formula is C10H16N4. The molecule has 0 saturated heterocycles. The molecule has 1 heterocycles. The molecule has 4 heteroatoms. The Morgan fingerprint density at radius 2 is 2.29 bits per heavy atom. The molecule has 14 heavy (non-hydrogen) atoms. The molecule has 0 aliphatic rings. The van der Waals surface area contributed by atoms with Crippen LogP contribution in [0.5, 0.6) is 0 Å². The Balaban J connectivity index is 3.41. The molecule has 0 aliphatic heterocycles. The number of nitrogens with zero attached hydrogens (tertiary/aromatic N) is 3. The molecule has 0 radical (unpaired) electrons. The number of hydrogen-bond donors (Lipinski definition) is 1. The van der Waals surface area contributed by atoms with Crippen molar-refractivity contribution in [1.82, 2.24) is 9.78 Å². The van der Waals surface area contributed by atoms with Gasteiger partial charge in [-0.1, -0.05) is 19.9 Å². The first kappa shape index (κ1) is 10.5. The molecule has 76 valence electrons. The minimum Gasteiger partial charge on any atom is -0.321 e. The van der Waals surface area contributed by atoms with Crippen LogP contribution in [0.4, 0.5) is 0 Å². The zero-order valence-electron chi connectivity index (χ0n) is 8.81. The fourth-order valence-corrected chi connectivity index (χ4v) is 1.28. The van der Waals surface area contributed by atoms with Crippen LogP contribution in [0.15, 0.2) is 23.4 Å². The lowest BCUT2D eigenvalue weighted by Crippen LogP contribution is -2.26. The molecule has 0 atom stereocenters. The van der Waals surface area contributed by atoms with Crippen LogP contribution in [0.3, 0.4) is 0 Å². The summed E-state index contributed by atoms with van der Waals surface area (Å²) in [7, 11) is 0. The molecule has 0 amide bonds. The molecule has 0 aromatic carbocycles. The van der Waals surface area contributed by atoms with E-state index in [2.05, 4.69) is 24.0 Å². The van der Waals surface area contributed by atoms with Gasteiger partial charge in [-0.25, -0.2) is 4.68 Å². The van der Waals surface area contributed by atoms with Crippen molar-refractivity contribution in [2.24, 2.45) is 10.9 Å². The summed E-state index contributed by atoms with van der Waals surface area (Å²) in [5.41, 5.74) is 1.81. The van der Waals surface area contributed by atoms with Gasteiger partial charge in [0.15, 0.2) is 5.49 Å². The number of rotatable bonds is 2. The Bertz CT molecular complexity index is 387. The third kappa shape index (κ3) is 2.02. The highest BCUT2D eigenvalue weighted by Gasteiger charge is 2.04. The van der Waals surface area contributed by atoms with Gasteiger partial charge in [0.25, 0.3) is 0 Å². The van der Waals surface area contributed by atoms with Gasteiger partial charge in [0, 0.05) is 18.0 Å². The third-order valence-corrected chi connectivity index (χ3v) is 1.95. The van der Waals surface area contributed by atoms with E-state index in [1.54, 1.807) is 10.9 Å². The van der Waals surface area contributed by atoms with E-state index in [-0.39, 0.29) is 0 Å². The highest BCUT2D eigenvalue weighted by atomic mass is 15.3. The molecular weight excluding hydrogens is 176 g/mol. The topological polar surface area (TPSA) is 56.2 Å². The molecule has 0 saturated carbocycles. The third-order valence-electron chi connectivity index (χ3n) is 1.95. The molecule has 2 N–H and O–H groups in total. The summed E-state index contributed by atoms with van der Waals surface area (Å²) in [6, 6.07) is 1.94. The standard InChI is InChI=1S/C10H16N4/c1-4-7-14-10(13-11)9(8(2)3)5-6-12-14/h4-8H,11H2,1-3H3/b7-4-,13-10-. The molecule has 4 nitrogen and oxygen atoms in total. The van der Waals surface area contributed by atoms with Gasteiger partial charge >= 0.3 is 0 Å². The molecule has 1 rings (SSSR count). The van der Waals surface area contributed by atoms with E-state index in [0.29, 0.717) is 11.4 Å². The molecule has 0 aliphatic carbocycles. The first-order valence-corrected chi connectivity index (χ1v) is 4.65. The van der Waals surface area contributed by atoms with Gasteiger partial charge in [0.1, 0.15) is 0 Å². The summed E-state index contributed by atoms with van der Waals surface area (Å²) in [6.07, 6.45) is 5.48. The van der Waals surface area contributed by atoms with Crippen LogP contribution < -0.4 is 11.3 Å². The largest absolute Gasteiger partial charge is 0.321 e. The molecule has 0 bridgehead atoms. The molecule has 0 fully saturated rings. The lowest BCUT2D eigenvalue weighted by atomic mass is 10.1. The minimum absolute atomic E-state index is 0.386. The fraction of sp³-hybridized carbons (Fsp3) is 0.400. The van der Waals surface area contributed by atoms with Crippen LogP contribution in [0, 0.1) is 0 Å².